The molecule has 5 rings (SSSR count). The molecule has 0 saturated carbocycles. The Bertz CT molecular complexity index is 1510. The fourth-order valence-electron chi connectivity index (χ4n) is 3.21. The van der Waals surface area contributed by atoms with Gasteiger partial charge in [0.25, 0.3) is 17.5 Å². The van der Waals surface area contributed by atoms with Crippen LogP contribution in [0.3, 0.4) is 0 Å². The normalized spacial score (nSPS) is 15.2. The molecule has 12 heteroatoms. The number of furan rings is 1. The molecule has 0 spiro atoms. The van der Waals surface area contributed by atoms with Gasteiger partial charge in [-0.1, -0.05) is 18.2 Å². The number of aromatic nitrogens is 1. The molecule has 0 bridgehead atoms. The molecular weight excluding hydrogens is 480 g/mol. The fourth-order valence-corrected chi connectivity index (χ4v) is 5.22. The number of benzene rings is 2. The number of carbonyl (C=O) groups excluding carboxylic acids is 3. The first-order valence-electron chi connectivity index (χ1n) is 9.68. The van der Waals surface area contributed by atoms with Crippen molar-refractivity contribution in [2.45, 2.75) is 9.43 Å². The van der Waals surface area contributed by atoms with Crippen molar-refractivity contribution in [3.05, 3.63) is 82.1 Å². The molecule has 4 aromatic rings. The van der Waals surface area contributed by atoms with Gasteiger partial charge in [0.1, 0.15) is 11.3 Å². The molecule has 0 aliphatic carbocycles. The van der Waals surface area contributed by atoms with Crippen molar-refractivity contribution in [3.8, 4) is 0 Å². The van der Waals surface area contributed by atoms with Gasteiger partial charge in [0.15, 0.2) is 9.43 Å². The number of thiazole rings is 1. The Labute approximate surface area is 199 Å². The maximum absolute atomic E-state index is 12.9. The SMILES string of the molecule is O=C1NC(=O)N(c2ccccc2)C(=O)/C1=C/c1ccc(Sc2nc3ccc([N+](=O)[O-])cc3s2)o1. The predicted octanol–water partition coefficient (Wildman–Crippen LogP) is 4.62. The van der Waals surface area contributed by atoms with Crippen LogP contribution in [0.5, 0.6) is 0 Å². The number of nitro benzene ring substituents is 1. The maximum Gasteiger partial charge on any atom is 0.335 e. The first-order chi connectivity index (χ1) is 16.4. The van der Waals surface area contributed by atoms with Gasteiger partial charge >= 0.3 is 6.03 Å². The summed E-state index contributed by atoms with van der Waals surface area (Å²) in [4.78, 5) is 53.3. The highest BCUT2D eigenvalue weighted by atomic mass is 32.2. The van der Waals surface area contributed by atoms with Crippen LogP contribution < -0.4 is 10.2 Å². The summed E-state index contributed by atoms with van der Waals surface area (Å²) < 4.78 is 7.00. The summed E-state index contributed by atoms with van der Waals surface area (Å²) in [6.45, 7) is 0. The Morgan fingerprint density at radius 2 is 1.88 bits per heavy atom. The van der Waals surface area contributed by atoms with Crippen molar-refractivity contribution < 1.29 is 23.7 Å². The van der Waals surface area contributed by atoms with Crippen LogP contribution in [0.25, 0.3) is 16.3 Å². The van der Waals surface area contributed by atoms with Crippen molar-refractivity contribution >= 4 is 68.6 Å². The topological polar surface area (TPSA) is 136 Å². The second-order valence-corrected chi connectivity index (χ2v) is 9.22. The van der Waals surface area contributed by atoms with Gasteiger partial charge in [-0.2, -0.15) is 0 Å². The quantitative estimate of drug-likeness (QED) is 0.185. The zero-order valence-corrected chi connectivity index (χ0v) is 18.6. The number of para-hydroxylation sites is 1. The molecule has 1 aliphatic rings. The third-order valence-corrected chi connectivity index (χ3v) is 6.76. The highest BCUT2D eigenvalue weighted by molar-refractivity contribution is 8.01. The lowest BCUT2D eigenvalue weighted by Gasteiger charge is -2.26. The Balaban J connectivity index is 1.39. The Kier molecular flexibility index (Phi) is 5.43. The maximum atomic E-state index is 12.9. The molecule has 0 atom stereocenters. The summed E-state index contributed by atoms with van der Waals surface area (Å²) in [5.41, 5.74) is 0.692. The van der Waals surface area contributed by atoms with E-state index in [9.17, 15) is 24.5 Å². The summed E-state index contributed by atoms with van der Waals surface area (Å²) in [7, 11) is 0. The number of hydrogen-bond acceptors (Lipinski definition) is 9. The van der Waals surface area contributed by atoms with E-state index in [2.05, 4.69) is 10.3 Å². The fraction of sp³-hybridized carbons (Fsp3) is 0. The van der Waals surface area contributed by atoms with E-state index in [0.29, 0.717) is 25.3 Å². The summed E-state index contributed by atoms with van der Waals surface area (Å²) in [6, 6.07) is 15.1. The van der Waals surface area contributed by atoms with Gasteiger partial charge in [0.05, 0.1) is 20.8 Å². The number of carbonyl (C=O) groups is 3. The predicted molar refractivity (Wildman–Crippen MR) is 125 cm³/mol. The number of fused-ring (bicyclic) bond motifs is 1. The average molecular weight is 492 g/mol. The Hall–Kier alpha value is -4.29. The molecule has 0 radical (unpaired) electrons. The third kappa shape index (κ3) is 4.07. The second-order valence-electron chi connectivity index (χ2n) is 6.94. The molecule has 10 nitrogen and oxygen atoms in total. The molecule has 1 aliphatic heterocycles. The molecule has 3 heterocycles. The average Bonchev–Trinajstić information content (AvgIpc) is 3.42. The number of anilines is 1. The number of nitrogens with one attached hydrogen (secondary N) is 1. The first-order valence-corrected chi connectivity index (χ1v) is 11.3. The van der Waals surface area contributed by atoms with Crippen LogP contribution in [0, 0.1) is 10.1 Å². The molecule has 1 N–H and O–H groups in total. The molecule has 4 amide bonds. The Morgan fingerprint density at radius 1 is 1.09 bits per heavy atom. The van der Waals surface area contributed by atoms with Crippen molar-refractivity contribution in [1.82, 2.24) is 10.3 Å². The van der Waals surface area contributed by atoms with E-state index in [1.54, 1.807) is 48.5 Å². The number of rotatable bonds is 5. The minimum Gasteiger partial charge on any atom is -0.450 e. The monoisotopic (exact) mass is 492 g/mol. The summed E-state index contributed by atoms with van der Waals surface area (Å²) in [5.74, 6) is -1.35. The van der Waals surface area contributed by atoms with Crippen LogP contribution in [0.4, 0.5) is 16.2 Å². The van der Waals surface area contributed by atoms with Gasteiger partial charge in [0, 0.05) is 12.1 Å². The van der Waals surface area contributed by atoms with E-state index in [-0.39, 0.29) is 17.0 Å². The molecule has 2 aromatic heterocycles. The number of urea groups is 1. The minimum atomic E-state index is -0.829. The van der Waals surface area contributed by atoms with Crippen molar-refractivity contribution in [2.24, 2.45) is 0 Å². The molecule has 168 valence electrons. The smallest absolute Gasteiger partial charge is 0.335 e. The zero-order valence-electron chi connectivity index (χ0n) is 17.0. The second kappa shape index (κ2) is 8.57. The van der Waals surface area contributed by atoms with Crippen LogP contribution in [-0.2, 0) is 9.59 Å². The van der Waals surface area contributed by atoms with E-state index in [0.717, 1.165) is 4.90 Å². The molecule has 1 fully saturated rings. The van der Waals surface area contributed by atoms with Gasteiger partial charge in [-0.15, -0.1) is 11.3 Å². The van der Waals surface area contributed by atoms with Crippen LogP contribution in [-0.4, -0.2) is 27.8 Å². The van der Waals surface area contributed by atoms with Crippen LogP contribution in [0.1, 0.15) is 5.76 Å². The summed E-state index contributed by atoms with van der Waals surface area (Å²) in [6.07, 6.45) is 1.27. The number of amides is 4. The molecule has 2 aromatic carbocycles. The van der Waals surface area contributed by atoms with E-state index < -0.39 is 22.8 Å². The van der Waals surface area contributed by atoms with Gasteiger partial charge in [-0.05, 0) is 48.2 Å². The highest BCUT2D eigenvalue weighted by Gasteiger charge is 2.37. The van der Waals surface area contributed by atoms with Crippen molar-refractivity contribution in [1.29, 1.82) is 0 Å². The zero-order chi connectivity index (χ0) is 23.8. The van der Waals surface area contributed by atoms with Crippen molar-refractivity contribution in [2.75, 3.05) is 4.90 Å². The molecule has 0 unspecified atom stereocenters. The number of non-ortho nitro benzene ring substituents is 1. The molecular formula is C22H12N4O6S2. The van der Waals surface area contributed by atoms with Gasteiger partial charge in [0.2, 0.25) is 0 Å². The largest absolute Gasteiger partial charge is 0.450 e. The van der Waals surface area contributed by atoms with E-state index in [4.69, 9.17) is 4.42 Å². The number of nitrogens with zero attached hydrogens (tertiary/aromatic N) is 3. The lowest BCUT2D eigenvalue weighted by molar-refractivity contribution is -0.384. The first kappa shape index (κ1) is 21.6. The number of hydrogen-bond donors (Lipinski definition) is 1. The van der Waals surface area contributed by atoms with E-state index >= 15 is 0 Å². The van der Waals surface area contributed by atoms with Crippen molar-refractivity contribution in [3.63, 3.8) is 0 Å². The lowest BCUT2D eigenvalue weighted by Crippen LogP contribution is -2.54. The van der Waals surface area contributed by atoms with E-state index in [1.807, 2.05) is 0 Å². The number of imide groups is 2. The Morgan fingerprint density at radius 3 is 2.65 bits per heavy atom. The van der Waals surface area contributed by atoms with Gasteiger partial charge in [-0.25, -0.2) is 14.7 Å². The van der Waals surface area contributed by atoms with E-state index in [1.165, 1.54) is 41.3 Å². The number of nitro groups is 1. The summed E-state index contributed by atoms with van der Waals surface area (Å²) >= 11 is 2.48. The van der Waals surface area contributed by atoms with Gasteiger partial charge in [-0.3, -0.25) is 25.0 Å². The minimum absolute atomic E-state index is 0.0157. The third-order valence-electron chi connectivity index (χ3n) is 4.76. The molecule has 1 saturated heterocycles. The van der Waals surface area contributed by atoms with Gasteiger partial charge < -0.3 is 4.42 Å². The standard InChI is InChI=1S/C22H12N4O6S2/c27-19-15(20(28)25(21(29)24-19)12-4-2-1-3-5-12)11-14-7-9-18(32-14)34-22-23-16-8-6-13(26(30)31)10-17(16)33-22/h1-11H,(H,24,27,29)/b15-11+. The highest BCUT2D eigenvalue weighted by Crippen LogP contribution is 2.36. The van der Waals surface area contributed by atoms with Crippen LogP contribution in [0.15, 0.2) is 80.1 Å². The number of barbiturate groups is 1. The summed E-state index contributed by atoms with van der Waals surface area (Å²) in [5, 5.41) is 13.6. The molecule has 34 heavy (non-hydrogen) atoms. The lowest BCUT2D eigenvalue weighted by atomic mass is 10.1. The van der Waals surface area contributed by atoms with Crippen LogP contribution >= 0.6 is 23.1 Å². The van der Waals surface area contributed by atoms with Crippen LogP contribution in [0.2, 0.25) is 0 Å².